The molecular formula is C18H19NO4. The highest BCUT2D eigenvalue weighted by Crippen LogP contribution is 2.35. The Labute approximate surface area is 134 Å². The smallest absolute Gasteiger partial charge is 0.312 e. The zero-order valence-corrected chi connectivity index (χ0v) is 13.0. The van der Waals surface area contributed by atoms with Crippen LogP contribution in [0.4, 0.5) is 0 Å². The second kappa shape index (κ2) is 6.36. The predicted octanol–water partition coefficient (Wildman–Crippen LogP) is 2.24. The molecule has 1 saturated heterocycles. The van der Waals surface area contributed by atoms with Gasteiger partial charge in [-0.05, 0) is 37.5 Å². The molecule has 2 aliphatic rings. The molecule has 2 amide bonds. The highest BCUT2D eigenvalue weighted by atomic mass is 16.5. The molecule has 0 bridgehead atoms. The van der Waals surface area contributed by atoms with Gasteiger partial charge in [-0.15, -0.1) is 0 Å². The molecule has 5 heteroatoms. The number of hydrogen-bond donors (Lipinski definition) is 0. The van der Waals surface area contributed by atoms with Crippen LogP contribution in [0.15, 0.2) is 36.4 Å². The Balaban J connectivity index is 1.57. The van der Waals surface area contributed by atoms with Gasteiger partial charge < -0.3 is 4.74 Å². The standard InChI is InChI=1S/C18H19NO4/c1-12-5-4-6-13(11-12)23-16(20)9-10-19-17(21)14-7-2-3-8-15(14)18(19)22/h2-6,11,14-15H,7-10H2,1H3/t14-,15-/m1/s1. The van der Waals surface area contributed by atoms with Crippen LogP contribution in [0.3, 0.4) is 0 Å². The first-order chi connectivity index (χ1) is 11.1. The number of carbonyl (C=O) groups excluding carboxylic acids is 3. The molecule has 23 heavy (non-hydrogen) atoms. The molecule has 0 spiro atoms. The summed E-state index contributed by atoms with van der Waals surface area (Å²) < 4.78 is 5.24. The summed E-state index contributed by atoms with van der Waals surface area (Å²) in [4.78, 5) is 37.7. The first-order valence-corrected chi connectivity index (χ1v) is 7.84. The average molecular weight is 313 g/mol. The monoisotopic (exact) mass is 313 g/mol. The summed E-state index contributed by atoms with van der Waals surface area (Å²) in [6.45, 7) is 2.00. The first-order valence-electron chi connectivity index (χ1n) is 7.84. The summed E-state index contributed by atoms with van der Waals surface area (Å²) in [6.07, 6.45) is 5.13. The van der Waals surface area contributed by atoms with Gasteiger partial charge in [0.15, 0.2) is 0 Å². The van der Waals surface area contributed by atoms with Crippen molar-refractivity contribution in [2.45, 2.75) is 26.2 Å². The van der Waals surface area contributed by atoms with Crippen LogP contribution in [-0.2, 0) is 14.4 Å². The van der Waals surface area contributed by atoms with E-state index in [4.69, 9.17) is 4.74 Å². The normalized spacial score (nSPS) is 23.1. The number of imide groups is 1. The average Bonchev–Trinajstić information content (AvgIpc) is 2.77. The van der Waals surface area contributed by atoms with E-state index in [1.807, 2.05) is 31.2 Å². The van der Waals surface area contributed by atoms with Crippen molar-refractivity contribution in [3.63, 3.8) is 0 Å². The van der Waals surface area contributed by atoms with E-state index >= 15 is 0 Å². The molecule has 1 aromatic carbocycles. The Hall–Kier alpha value is -2.43. The maximum atomic E-state index is 12.3. The van der Waals surface area contributed by atoms with Crippen LogP contribution in [-0.4, -0.2) is 29.2 Å². The molecule has 120 valence electrons. The summed E-state index contributed by atoms with van der Waals surface area (Å²) >= 11 is 0. The Morgan fingerprint density at radius 1 is 1.17 bits per heavy atom. The lowest BCUT2D eigenvalue weighted by atomic mass is 9.85. The molecule has 1 heterocycles. The van der Waals surface area contributed by atoms with Crippen molar-refractivity contribution in [3.05, 3.63) is 42.0 Å². The molecule has 1 aromatic rings. The number of carbonyl (C=O) groups is 3. The summed E-state index contributed by atoms with van der Waals surface area (Å²) in [5.74, 6) is -0.780. The molecule has 1 fully saturated rings. The Morgan fingerprint density at radius 3 is 2.43 bits per heavy atom. The summed E-state index contributed by atoms with van der Waals surface area (Å²) in [7, 11) is 0. The largest absolute Gasteiger partial charge is 0.426 e. The molecule has 3 rings (SSSR count). The van der Waals surface area contributed by atoms with Gasteiger partial charge in [-0.2, -0.15) is 0 Å². The van der Waals surface area contributed by atoms with Crippen LogP contribution in [0.2, 0.25) is 0 Å². The van der Waals surface area contributed by atoms with Crippen LogP contribution in [0, 0.1) is 18.8 Å². The number of likely N-dealkylation sites (tertiary alicyclic amines) is 1. The minimum Gasteiger partial charge on any atom is -0.426 e. The van der Waals surface area contributed by atoms with Crippen LogP contribution >= 0.6 is 0 Å². The third-order valence-electron chi connectivity index (χ3n) is 4.36. The maximum Gasteiger partial charge on any atom is 0.312 e. The highest BCUT2D eigenvalue weighted by molar-refractivity contribution is 6.05. The van der Waals surface area contributed by atoms with Crippen molar-refractivity contribution in [2.24, 2.45) is 11.8 Å². The third kappa shape index (κ3) is 3.18. The molecule has 0 radical (unpaired) electrons. The molecule has 0 aromatic heterocycles. The van der Waals surface area contributed by atoms with Gasteiger partial charge in [0.2, 0.25) is 11.8 Å². The van der Waals surface area contributed by atoms with Gasteiger partial charge in [-0.25, -0.2) is 0 Å². The van der Waals surface area contributed by atoms with E-state index in [2.05, 4.69) is 0 Å². The van der Waals surface area contributed by atoms with Gasteiger partial charge in [-0.3, -0.25) is 19.3 Å². The van der Waals surface area contributed by atoms with Crippen molar-refractivity contribution in [1.29, 1.82) is 0 Å². The van der Waals surface area contributed by atoms with Crippen LogP contribution in [0.1, 0.15) is 24.8 Å². The lowest BCUT2D eigenvalue weighted by molar-refractivity contribution is -0.141. The maximum absolute atomic E-state index is 12.3. The minimum absolute atomic E-state index is 0.0122. The number of ether oxygens (including phenoxy) is 1. The van der Waals surface area contributed by atoms with Crippen molar-refractivity contribution in [1.82, 2.24) is 4.90 Å². The van der Waals surface area contributed by atoms with Gasteiger partial charge in [0.25, 0.3) is 0 Å². The number of nitrogens with zero attached hydrogens (tertiary/aromatic N) is 1. The van der Waals surface area contributed by atoms with E-state index in [9.17, 15) is 14.4 Å². The molecule has 5 nitrogen and oxygen atoms in total. The number of hydrogen-bond acceptors (Lipinski definition) is 4. The third-order valence-corrected chi connectivity index (χ3v) is 4.36. The zero-order valence-electron chi connectivity index (χ0n) is 13.0. The number of allylic oxidation sites excluding steroid dienone is 2. The van der Waals surface area contributed by atoms with Crippen molar-refractivity contribution >= 4 is 17.8 Å². The van der Waals surface area contributed by atoms with E-state index in [1.54, 1.807) is 12.1 Å². The molecular weight excluding hydrogens is 294 g/mol. The fourth-order valence-electron chi connectivity index (χ4n) is 3.15. The number of aryl methyl sites for hydroxylation is 1. The Bertz CT molecular complexity index is 653. The number of benzene rings is 1. The lowest BCUT2D eigenvalue weighted by Crippen LogP contribution is -2.33. The number of rotatable bonds is 4. The molecule has 0 saturated carbocycles. The molecule has 0 N–H and O–H groups in total. The fourth-order valence-corrected chi connectivity index (χ4v) is 3.15. The SMILES string of the molecule is Cc1cccc(OC(=O)CCN2C(=O)[C@@H]3CC=CC[C@H]3C2=O)c1. The van der Waals surface area contributed by atoms with Crippen LogP contribution < -0.4 is 4.74 Å². The van der Waals surface area contributed by atoms with E-state index in [-0.39, 0.29) is 36.6 Å². The minimum atomic E-state index is -0.441. The van der Waals surface area contributed by atoms with Gasteiger partial charge in [-0.1, -0.05) is 24.3 Å². The Morgan fingerprint density at radius 2 is 1.83 bits per heavy atom. The summed E-state index contributed by atoms with van der Waals surface area (Å²) in [5.41, 5.74) is 0.997. The predicted molar refractivity (Wildman–Crippen MR) is 83.5 cm³/mol. The van der Waals surface area contributed by atoms with Crippen molar-refractivity contribution in [2.75, 3.05) is 6.54 Å². The molecule has 0 unspecified atom stereocenters. The fraction of sp³-hybridized carbons (Fsp3) is 0.389. The summed E-state index contributed by atoms with van der Waals surface area (Å²) in [6, 6.07) is 7.19. The van der Waals surface area contributed by atoms with Crippen molar-refractivity contribution < 1.29 is 19.1 Å². The molecule has 1 aliphatic heterocycles. The van der Waals surface area contributed by atoms with Gasteiger partial charge in [0.1, 0.15) is 5.75 Å². The summed E-state index contributed by atoms with van der Waals surface area (Å²) in [5, 5.41) is 0. The number of amides is 2. The first kappa shape index (κ1) is 15.5. The van der Waals surface area contributed by atoms with Crippen LogP contribution in [0.25, 0.3) is 0 Å². The molecule has 1 aliphatic carbocycles. The van der Waals surface area contributed by atoms with E-state index in [1.165, 1.54) is 4.90 Å². The van der Waals surface area contributed by atoms with Crippen LogP contribution in [0.5, 0.6) is 5.75 Å². The topological polar surface area (TPSA) is 63.7 Å². The van der Waals surface area contributed by atoms with E-state index in [0.717, 1.165) is 5.56 Å². The van der Waals surface area contributed by atoms with Gasteiger partial charge in [0.05, 0.1) is 18.3 Å². The van der Waals surface area contributed by atoms with E-state index in [0.29, 0.717) is 18.6 Å². The number of fused-ring (bicyclic) bond motifs is 1. The lowest BCUT2D eigenvalue weighted by Gasteiger charge is -2.14. The second-order valence-electron chi connectivity index (χ2n) is 6.02. The quantitative estimate of drug-likeness (QED) is 0.370. The highest BCUT2D eigenvalue weighted by Gasteiger charge is 2.46. The van der Waals surface area contributed by atoms with Gasteiger partial charge >= 0.3 is 5.97 Å². The van der Waals surface area contributed by atoms with Gasteiger partial charge in [0, 0.05) is 6.54 Å². The van der Waals surface area contributed by atoms with Crippen molar-refractivity contribution in [3.8, 4) is 5.75 Å². The van der Waals surface area contributed by atoms with E-state index < -0.39 is 5.97 Å². The second-order valence-corrected chi connectivity index (χ2v) is 6.02. The number of esters is 1. The Kier molecular flexibility index (Phi) is 4.28. The molecule has 2 atom stereocenters. The zero-order chi connectivity index (χ0) is 16.4.